The van der Waals surface area contributed by atoms with Gasteiger partial charge in [-0.25, -0.2) is 4.79 Å². The molecule has 0 spiro atoms. The second-order valence-electron chi connectivity index (χ2n) is 6.56. The molecule has 0 radical (unpaired) electrons. The standard InChI is InChI=1S/C18H27N3O2S/c22-17-6-8-20(14-17)13-16-5-2-1-4-15(16)12-19-18(23)21-7-3-10-24-11-9-21/h1-2,4-5,17,22H,3,6-14H2,(H,19,23)/t17-/m1/s1. The number of aliphatic hydroxyl groups is 1. The molecule has 6 heteroatoms. The normalized spacial score (nSPS) is 22.4. The summed E-state index contributed by atoms with van der Waals surface area (Å²) in [5.74, 6) is 2.18. The lowest BCUT2D eigenvalue weighted by molar-refractivity contribution is 0.174. The van der Waals surface area contributed by atoms with Crippen LogP contribution in [0.1, 0.15) is 24.0 Å². The van der Waals surface area contributed by atoms with Crippen molar-refractivity contribution in [3.8, 4) is 0 Å². The van der Waals surface area contributed by atoms with Crippen molar-refractivity contribution in [2.75, 3.05) is 37.7 Å². The molecular formula is C18H27N3O2S. The molecule has 0 saturated carbocycles. The number of thioether (sulfide) groups is 1. The Bertz CT molecular complexity index is 547. The summed E-state index contributed by atoms with van der Waals surface area (Å²) in [5, 5.41) is 12.8. The van der Waals surface area contributed by atoms with Gasteiger partial charge in [0.1, 0.15) is 0 Å². The molecule has 2 aliphatic heterocycles. The number of amides is 2. The smallest absolute Gasteiger partial charge is 0.317 e. The highest BCUT2D eigenvalue weighted by atomic mass is 32.2. The fourth-order valence-electron chi connectivity index (χ4n) is 3.31. The molecule has 0 bridgehead atoms. The summed E-state index contributed by atoms with van der Waals surface area (Å²) in [6.07, 6.45) is 1.73. The topological polar surface area (TPSA) is 55.8 Å². The van der Waals surface area contributed by atoms with Gasteiger partial charge in [-0.2, -0.15) is 11.8 Å². The molecule has 1 aromatic carbocycles. The monoisotopic (exact) mass is 349 g/mol. The maximum atomic E-state index is 12.4. The van der Waals surface area contributed by atoms with Crippen LogP contribution < -0.4 is 5.32 Å². The molecule has 1 aromatic rings. The molecule has 2 aliphatic rings. The lowest BCUT2D eigenvalue weighted by Crippen LogP contribution is -2.41. The summed E-state index contributed by atoms with van der Waals surface area (Å²) < 4.78 is 0. The number of urea groups is 1. The average molecular weight is 350 g/mol. The first-order valence-corrected chi connectivity index (χ1v) is 9.95. The van der Waals surface area contributed by atoms with E-state index in [4.69, 9.17) is 0 Å². The number of likely N-dealkylation sites (tertiary alicyclic amines) is 1. The van der Waals surface area contributed by atoms with Crippen molar-refractivity contribution in [1.29, 1.82) is 0 Å². The van der Waals surface area contributed by atoms with Gasteiger partial charge in [0.15, 0.2) is 0 Å². The number of nitrogens with one attached hydrogen (secondary N) is 1. The average Bonchev–Trinajstić information content (AvgIpc) is 2.84. The van der Waals surface area contributed by atoms with Crippen molar-refractivity contribution < 1.29 is 9.90 Å². The van der Waals surface area contributed by atoms with Crippen LogP contribution in [0.3, 0.4) is 0 Å². The van der Waals surface area contributed by atoms with E-state index >= 15 is 0 Å². The summed E-state index contributed by atoms with van der Waals surface area (Å²) in [7, 11) is 0. The molecule has 2 amide bonds. The molecule has 1 atom stereocenters. The molecule has 2 heterocycles. The second kappa shape index (κ2) is 8.74. The number of β-amino-alcohol motifs (C(OH)–C–C–N with tert-alkyl or cyclic N) is 1. The van der Waals surface area contributed by atoms with E-state index in [1.807, 2.05) is 28.8 Å². The van der Waals surface area contributed by atoms with Gasteiger partial charge in [-0.3, -0.25) is 4.90 Å². The molecule has 2 N–H and O–H groups in total. The van der Waals surface area contributed by atoms with Gasteiger partial charge in [0.05, 0.1) is 6.10 Å². The van der Waals surface area contributed by atoms with Crippen LogP contribution in [0.15, 0.2) is 24.3 Å². The predicted molar refractivity (Wildman–Crippen MR) is 98.1 cm³/mol. The fraction of sp³-hybridized carbons (Fsp3) is 0.611. The highest BCUT2D eigenvalue weighted by Crippen LogP contribution is 2.17. The van der Waals surface area contributed by atoms with Crippen LogP contribution in [-0.2, 0) is 13.1 Å². The third-order valence-electron chi connectivity index (χ3n) is 4.70. The number of carbonyl (C=O) groups excluding carboxylic acids is 1. The van der Waals surface area contributed by atoms with Gasteiger partial charge in [0, 0.05) is 45.0 Å². The first-order chi connectivity index (χ1) is 11.7. The Hall–Kier alpha value is -1.24. The fourth-order valence-corrected chi connectivity index (χ4v) is 4.20. The van der Waals surface area contributed by atoms with Gasteiger partial charge >= 0.3 is 6.03 Å². The summed E-state index contributed by atoms with van der Waals surface area (Å²) in [6, 6.07) is 8.31. The third kappa shape index (κ3) is 4.88. The summed E-state index contributed by atoms with van der Waals surface area (Å²) >= 11 is 1.92. The van der Waals surface area contributed by atoms with E-state index in [-0.39, 0.29) is 12.1 Å². The van der Waals surface area contributed by atoms with E-state index in [0.29, 0.717) is 6.54 Å². The Morgan fingerprint density at radius 1 is 1.21 bits per heavy atom. The van der Waals surface area contributed by atoms with Crippen LogP contribution in [0.2, 0.25) is 0 Å². The zero-order valence-corrected chi connectivity index (χ0v) is 14.9. The van der Waals surface area contributed by atoms with E-state index in [9.17, 15) is 9.90 Å². The minimum atomic E-state index is -0.197. The van der Waals surface area contributed by atoms with E-state index < -0.39 is 0 Å². The molecule has 5 nitrogen and oxygen atoms in total. The van der Waals surface area contributed by atoms with Crippen molar-refractivity contribution in [2.24, 2.45) is 0 Å². The number of hydrogen-bond donors (Lipinski definition) is 2. The SMILES string of the molecule is O=C(NCc1ccccc1CN1CC[C@@H](O)C1)N1CCCSCC1. The molecule has 132 valence electrons. The minimum absolute atomic E-state index is 0.0453. The lowest BCUT2D eigenvalue weighted by atomic mass is 10.1. The maximum Gasteiger partial charge on any atom is 0.317 e. The number of hydrogen-bond acceptors (Lipinski definition) is 4. The van der Waals surface area contributed by atoms with Gasteiger partial charge in [0.25, 0.3) is 0 Å². The summed E-state index contributed by atoms with van der Waals surface area (Å²) in [4.78, 5) is 16.6. The molecule has 3 rings (SSSR count). The zero-order valence-electron chi connectivity index (χ0n) is 14.1. The molecule has 0 aliphatic carbocycles. The highest BCUT2D eigenvalue weighted by molar-refractivity contribution is 7.99. The van der Waals surface area contributed by atoms with Crippen LogP contribution in [0.25, 0.3) is 0 Å². The summed E-state index contributed by atoms with van der Waals surface area (Å²) in [5.41, 5.74) is 2.40. The number of nitrogens with zero attached hydrogens (tertiary/aromatic N) is 2. The summed E-state index contributed by atoms with van der Waals surface area (Å²) in [6.45, 7) is 4.77. The molecule has 0 unspecified atom stereocenters. The van der Waals surface area contributed by atoms with Crippen LogP contribution in [-0.4, -0.2) is 64.7 Å². The van der Waals surface area contributed by atoms with E-state index in [1.165, 1.54) is 5.56 Å². The Morgan fingerprint density at radius 2 is 2.04 bits per heavy atom. The van der Waals surface area contributed by atoms with Gasteiger partial charge in [0.2, 0.25) is 0 Å². The second-order valence-corrected chi connectivity index (χ2v) is 7.78. The van der Waals surface area contributed by atoms with Crippen molar-refractivity contribution in [2.45, 2.75) is 32.0 Å². The van der Waals surface area contributed by atoms with E-state index in [0.717, 1.165) is 62.6 Å². The number of rotatable bonds is 4. The van der Waals surface area contributed by atoms with Crippen LogP contribution in [0, 0.1) is 0 Å². The highest BCUT2D eigenvalue weighted by Gasteiger charge is 2.21. The Balaban J connectivity index is 1.55. The van der Waals surface area contributed by atoms with Crippen LogP contribution >= 0.6 is 11.8 Å². The Morgan fingerprint density at radius 3 is 2.83 bits per heavy atom. The largest absolute Gasteiger partial charge is 0.392 e. The van der Waals surface area contributed by atoms with Crippen molar-refractivity contribution in [3.05, 3.63) is 35.4 Å². The van der Waals surface area contributed by atoms with Gasteiger partial charge in [-0.05, 0) is 29.7 Å². The predicted octanol–water partition coefficient (Wildman–Crippen LogP) is 1.90. The Labute approximate surface area is 148 Å². The molecule has 2 saturated heterocycles. The minimum Gasteiger partial charge on any atom is -0.392 e. The zero-order chi connectivity index (χ0) is 16.8. The first-order valence-electron chi connectivity index (χ1n) is 8.80. The van der Waals surface area contributed by atoms with Crippen LogP contribution in [0.4, 0.5) is 4.79 Å². The van der Waals surface area contributed by atoms with E-state index in [1.54, 1.807) is 0 Å². The molecular weight excluding hydrogens is 322 g/mol. The van der Waals surface area contributed by atoms with Crippen LogP contribution in [0.5, 0.6) is 0 Å². The van der Waals surface area contributed by atoms with Crippen molar-refractivity contribution in [3.63, 3.8) is 0 Å². The van der Waals surface area contributed by atoms with Crippen molar-refractivity contribution >= 4 is 17.8 Å². The number of benzene rings is 1. The lowest BCUT2D eigenvalue weighted by Gasteiger charge is -2.22. The quantitative estimate of drug-likeness (QED) is 0.872. The third-order valence-corrected chi connectivity index (χ3v) is 5.75. The van der Waals surface area contributed by atoms with Gasteiger partial charge in [-0.1, -0.05) is 24.3 Å². The molecule has 0 aromatic heterocycles. The molecule has 24 heavy (non-hydrogen) atoms. The van der Waals surface area contributed by atoms with Gasteiger partial charge in [-0.15, -0.1) is 0 Å². The molecule has 2 fully saturated rings. The maximum absolute atomic E-state index is 12.4. The number of aliphatic hydroxyl groups excluding tert-OH is 1. The number of carbonyl (C=O) groups is 1. The van der Waals surface area contributed by atoms with E-state index in [2.05, 4.69) is 22.3 Å². The van der Waals surface area contributed by atoms with Gasteiger partial charge < -0.3 is 15.3 Å². The van der Waals surface area contributed by atoms with Crippen molar-refractivity contribution in [1.82, 2.24) is 15.1 Å². The first kappa shape index (κ1) is 17.6. The Kier molecular flexibility index (Phi) is 6.40.